The SMILES string of the molecule is CC(C)(C)OC(=O)CSCc1ccc(C#CCN)s1. The van der Waals surface area contributed by atoms with Crippen LogP contribution in [0, 0.1) is 11.8 Å². The molecule has 0 radical (unpaired) electrons. The van der Waals surface area contributed by atoms with Crippen LogP contribution in [0.25, 0.3) is 0 Å². The van der Waals surface area contributed by atoms with Crippen LogP contribution >= 0.6 is 23.1 Å². The first kappa shape index (κ1) is 16.1. The van der Waals surface area contributed by atoms with Gasteiger partial charge in [-0.1, -0.05) is 11.8 Å². The molecule has 0 aliphatic heterocycles. The van der Waals surface area contributed by atoms with Crippen molar-refractivity contribution in [1.29, 1.82) is 0 Å². The van der Waals surface area contributed by atoms with E-state index in [-0.39, 0.29) is 5.97 Å². The van der Waals surface area contributed by atoms with Crippen LogP contribution in [0.15, 0.2) is 12.1 Å². The Balaban J connectivity index is 2.33. The van der Waals surface area contributed by atoms with E-state index < -0.39 is 5.60 Å². The molecule has 0 saturated heterocycles. The highest BCUT2D eigenvalue weighted by Crippen LogP contribution is 2.21. The number of thioether (sulfide) groups is 1. The first-order chi connectivity index (χ1) is 8.90. The predicted molar refractivity (Wildman–Crippen MR) is 82.3 cm³/mol. The van der Waals surface area contributed by atoms with Gasteiger partial charge in [0.1, 0.15) is 5.60 Å². The fourth-order valence-corrected chi connectivity index (χ4v) is 3.06. The molecule has 0 spiro atoms. The van der Waals surface area contributed by atoms with E-state index in [1.807, 2.05) is 32.9 Å². The zero-order valence-electron chi connectivity index (χ0n) is 11.5. The minimum atomic E-state index is -0.411. The minimum Gasteiger partial charge on any atom is -0.459 e. The lowest BCUT2D eigenvalue weighted by Gasteiger charge is -2.19. The highest BCUT2D eigenvalue weighted by atomic mass is 32.2. The Bertz CT molecular complexity index is 478. The molecule has 2 N–H and O–H groups in total. The van der Waals surface area contributed by atoms with Crippen LogP contribution in [0.5, 0.6) is 0 Å². The molecule has 0 atom stereocenters. The van der Waals surface area contributed by atoms with Gasteiger partial charge in [0, 0.05) is 10.6 Å². The minimum absolute atomic E-state index is 0.169. The molecule has 19 heavy (non-hydrogen) atoms. The molecule has 0 aromatic carbocycles. The summed E-state index contributed by atoms with van der Waals surface area (Å²) in [5.41, 5.74) is 4.91. The van der Waals surface area contributed by atoms with Gasteiger partial charge in [-0.25, -0.2) is 0 Å². The fraction of sp³-hybridized carbons (Fsp3) is 0.500. The normalized spacial score (nSPS) is 10.7. The van der Waals surface area contributed by atoms with Gasteiger partial charge in [0.25, 0.3) is 0 Å². The van der Waals surface area contributed by atoms with Gasteiger partial charge in [0.15, 0.2) is 0 Å². The lowest BCUT2D eigenvalue weighted by atomic mass is 10.2. The number of carbonyl (C=O) groups excluding carboxylic acids is 1. The summed E-state index contributed by atoms with van der Waals surface area (Å²) in [6, 6.07) is 4.02. The number of nitrogens with two attached hydrogens (primary N) is 1. The molecule has 0 bridgehead atoms. The highest BCUT2D eigenvalue weighted by molar-refractivity contribution is 7.99. The Morgan fingerprint density at radius 2 is 2.21 bits per heavy atom. The number of rotatable bonds is 4. The molecule has 0 fully saturated rings. The van der Waals surface area contributed by atoms with Gasteiger partial charge in [0.2, 0.25) is 0 Å². The third kappa shape index (κ3) is 7.26. The van der Waals surface area contributed by atoms with Crippen molar-refractivity contribution in [1.82, 2.24) is 0 Å². The molecule has 0 saturated carbocycles. The van der Waals surface area contributed by atoms with Gasteiger partial charge in [-0.05, 0) is 32.9 Å². The molecule has 0 aliphatic rings. The van der Waals surface area contributed by atoms with Crippen LogP contribution in [-0.2, 0) is 15.3 Å². The monoisotopic (exact) mass is 297 g/mol. The second-order valence-electron chi connectivity index (χ2n) is 4.85. The van der Waals surface area contributed by atoms with Crippen molar-refractivity contribution in [3.8, 4) is 11.8 Å². The molecule has 1 heterocycles. The largest absolute Gasteiger partial charge is 0.459 e. The summed E-state index contributed by atoms with van der Waals surface area (Å²) in [5, 5.41) is 0. The maximum Gasteiger partial charge on any atom is 0.316 e. The lowest BCUT2D eigenvalue weighted by Crippen LogP contribution is -2.24. The van der Waals surface area contributed by atoms with Gasteiger partial charge in [-0.3, -0.25) is 4.79 Å². The number of hydrogen-bond acceptors (Lipinski definition) is 5. The third-order valence-corrected chi connectivity index (χ3v) is 4.00. The van der Waals surface area contributed by atoms with Crippen LogP contribution in [0.3, 0.4) is 0 Å². The topological polar surface area (TPSA) is 52.3 Å². The maximum absolute atomic E-state index is 11.5. The fourth-order valence-electron chi connectivity index (χ4n) is 1.27. The van der Waals surface area contributed by atoms with Crippen molar-refractivity contribution in [2.24, 2.45) is 5.73 Å². The molecule has 3 nitrogen and oxygen atoms in total. The van der Waals surface area contributed by atoms with E-state index in [4.69, 9.17) is 10.5 Å². The molecule has 1 aromatic rings. The van der Waals surface area contributed by atoms with E-state index in [9.17, 15) is 4.79 Å². The Kier molecular flexibility index (Phi) is 6.43. The molecular weight excluding hydrogens is 278 g/mol. The quantitative estimate of drug-likeness (QED) is 0.685. The van der Waals surface area contributed by atoms with Gasteiger partial charge >= 0.3 is 5.97 Å². The van der Waals surface area contributed by atoms with E-state index in [1.54, 1.807) is 23.1 Å². The van der Waals surface area contributed by atoms with Crippen LogP contribution in [0.2, 0.25) is 0 Å². The lowest BCUT2D eigenvalue weighted by molar-refractivity contribution is -0.151. The number of esters is 1. The Hall–Kier alpha value is -0.960. The van der Waals surface area contributed by atoms with E-state index in [0.29, 0.717) is 12.3 Å². The summed E-state index contributed by atoms with van der Waals surface area (Å²) < 4.78 is 5.24. The molecule has 104 valence electrons. The van der Waals surface area contributed by atoms with E-state index in [0.717, 1.165) is 10.6 Å². The number of thiophene rings is 1. The molecule has 0 aliphatic carbocycles. The summed E-state index contributed by atoms with van der Waals surface area (Å²) in [7, 11) is 0. The second kappa shape index (κ2) is 7.59. The first-order valence-electron chi connectivity index (χ1n) is 5.98. The van der Waals surface area contributed by atoms with Crippen molar-refractivity contribution >= 4 is 29.1 Å². The van der Waals surface area contributed by atoms with Gasteiger partial charge < -0.3 is 10.5 Å². The van der Waals surface area contributed by atoms with E-state index in [2.05, 4.69) is 11.8 Å². The van der Waals surface area contributed by atoms with Gasteiger partial charge in [-0.15, -0.1) is 23.1 Å². The molecule has 5 heteroatoms. The maximum atomic E-state index is 11.5. The molecule has 0 amide bonds. The van der Waals surface area contributed by atoms with Gasteiger partial charge in [0.05, 0.1) is 17.2 Å². The predicted octanol–water partition coefficient (Wildman–Crippen LogP) is 2.63. The van der Waals surface area contributed by atoms with Crippen molar-refractivity contribution in [2.75, 3.05) is 12.3 Å². The van der Waals surface area contributed by atoms with Gasteiger partial charge in [-0.2, -0.15) is 0 Å². The summed E-state index contributed by atoms with van der Waals surface area (Å²) in [6.07, 6.45) is 0. The molecular formula is C14H19NO2S2. The third-order valence-electron chi connectivity index (χ3n) is 1.86. The average molecular weight is 297 g/mol. The Labute approximate surface area is 122 Å². The highest BCUT2D eigenvalue weighted by Gasteiger charge is 2.15. The van der Waals surface area contributed by atoms with E-state index in [1.165, 1.54) is 4.88 Å². The molecule has 1 aromatic heterocycles. The standard InChI is InChI=1S/C14H19NO2S2/c1-14(2,3)17-13(16)10-18-9-12-7-6-11(19-12)5-4-8-15/h6-7H,8-10,15H2,1-3H3. The van der Waals surface area contributed by atoms with Crippen LogP contribution in [0.4, 0.5) is 0 Å². The molecule has 1 rings (SSSR count). The number of hydrogen-bond donors (Lipinski definition) is 1. The summed E-state index contributed by atoms with van der Waals surface area (Å²) in [6.45, 7) is 5.99. The van der Waals surface area contributed by atoms with Crippen molar-refractivity contribution in [3.05, 3.63) is 21.9 Å². The summed E-state index contributed by atoms with van der Waals surface area (Å²) in [4.78, 5) is 13.7. The smallest absolute Gasteiger partial charge is 0.316 e. The summed E-state index contributed by atoms with van der Waals surface area (Å²) >= 11 is 3.19. The number of carbonyl (C=O) groups is 1. The van der Waals surface area contributed by atoms with E-state index >= 15 is 0 Å². The van der Waals surface area contributed by atoms with Crippen LogP contribution in [-0.4, -0.2) is 23.9 Å². The zero-order valence-corrected chi connectivity index (χ0v) is 13.1. The zero-order chi connectivity index (χ0) is 14.3. The molecule has 0 unspecified atom stereocenters. The number of ether oxygens (including phenoxy) is 1. The first-order valence-corrected chi connectivity index (χ1v) is 7.95. The Morgan fingerprint density at radius 1 is 1.47 bits per heavy atom. The summed E-state index contributed by atoms with van der Waals surface area (Å²) in [5.74, 6) is 6.83. The average Bonchev–Trinajstić information content (AvgIpc) is 2.72. The van der Waals surface area contributed by atoms with Crippen molar-refractivity contribution in [2.45, 2.75) is 32.1 Å². The van der Waals surface area contributed by atoms with Crippen LogP contribution in [0.1, 0.15) is 30.5 Å². The van der Waals surface area contributed by atoms with Crippen molar-refractivity contribution < 1.29 is 9.53 Å². The second-order valence-corrected chi connectivity index (χ2v) is 7.01. The van der Waals surface area contributed by atoms with Crippen molar-refractivity contribution in [3.63, 3.8) is 0 Å². The Morgan fingerprint density at radius 3 is 2.84 bits per heavy atom. The van der Waals surface area contributed by atoms with Crippen LogP contribution < -0.4 is 5.73 Å².